The maximum atomic E-state index is 14.6. The van der Waals surface area contributed by atoms with Crippen LogP contribution in [0.4, 0.5) is 64.7 Å². The van der Waals surface area contributed by atoms with E-state index in [0.29, 0.717) is 101 Å². The quantitative estimate of drug-likeness (QED) is 0.0439. The lowest BCUT2D eigenvalue weighted by Crippen LogP contribution is -2.54. The number of fused-ring (bicyclic) bond motifs is 6. The van der Waals surface area contributed by atoms with Gasteiger partial charge >= 0.3 is 0 Å². The summed E-state index contributed by atoms with van der Waals surface area (Å²) < 4.78 is 65.9. The van der Waals surface area contributed by atoms with Crippen molar-refractivity contribution in [2.45, 2.75) is 64.1 Å². The summed E-state index contributed by atoms with van der Waals surface area (Å²) >= 11 is 0. The first-order valence-electron chi connectivity index (χ1n) is 38.5. The number of carbonyl (C=O) groups excluding carboxylic acids is 3. The molecule has 3 fully saturated rings. The molecule has 0 bridgehead atoms. The van der Waals surface area contributed by atoms with Crippen LogP contribution in [0.2, 0.25) is 0 Å². The van der Waals surface area contributed by atoms with Crippen molar-refractivity contribution in [1.82, 2.24) is 73.8 Å². The zero-order valence-electron chi connectivity index (χ0n) is 65.7. The average molecular weight is 1560 g/mol. The third-order valence-corrected chi connectivity index (χ3v) is 21.9. The first-order valence-corrected chi connectivity index (χ1v) is 38.5. The van der Waals surface area contributed by atoms with Crippen molar-refractivity contribution in [3.8, 4) is 33.8 Å². The molecule has 3 saturated heterocycles. The monoisotopic (exact) mass is 1560 g/mol. The Hall–Kier alpha value is -12.1. The molecule has 0 spiro atoms. The number of imidazole rings is 3. The fourth-order valence-corrected chi connectivity index (χ4v) is 16.4. The highest BCUT2D eigenvalue weighted by molar-refractivity contribution is 6.08. The number of nitrogens with one attached hydrogen (secondary N) is 6. The summed E-state index contributed by atoms with van der Waals surface area (Å²) in [5.74, 6) is 0.465. The Morgan fingerprint density at radius 1 is 0.496 bits per heavy atom. The van der Waals surface area contributed by atoms with Crippen LogP contribution in [0.25, 0.3) is 50.7 Å². The van der Waals surface area contributed by atoms with Crippen molar-refractivity contribution < 1.29 is 41.8 Å². The van der Waals surface area contributed by atoms with Gasteiger partial charge in [0.2, 0.25) is 0 Å². The minimum absolute atomic E-state index is 0.143. The molecule has 6 aliphatic rings. The third-order valence-electron chi connectivity index (χ3n) is 21.9. The summed E-state index contributed by atoms with van der Waals surface area (Å²) in [7, 11) is 14.1. The van der Waals surface area contributed by atoms with E-state index in [4.69, 9.17) is 14.2 Å². The van der Waals surface area contributed by atoms with Gasteiger partial charge in [-0.2, -0.15) is 0 Å². The molecule has 9 aromatic heterocycles. The second-order valence-electron chi connectivity index (χ2n) is 30.7. The Balaban J connectivity index is 0.000000130. The molecule has 0 saturated carbocycles. The molecule has 3 aromatic carbocycles. The molecule has 18 rings (SSSR count). The summed E-state index contributed by atoms with van der Waals surface area (Å²) in [6.45, 7) is 13.6. The van der Waals surface area contributed by atoms with Crippen LogP contribution >= 0.6 is 0 Å². The lowest BCUT2D eigenvalue weighted by molar-refractivity contribution is -0.0372. The number of nitrogens with zero attached hydrogens (tertiary/aromatic N) is 15. The molecule has 15 heterocycles. The van der Waals surface area contributed by atoms with Gasteiger partial charge in [0.15, 0.2) is 22.9 Å². The summed E-state index contributed by atoms with van der Waals surface area (Å²) in [6.07, 6.45) is 18.2. The van der Waals surface area contributed by atoms with E-state index in [9.17, 15) is 27.6 Å². The lowest BCUT2D eigenvalue weighted by Gasteiger charge is -2.44. The van der Waals surface area contributed by atoms with Crippen LogP contribution in [0.15, 0.2) is 153 Å². The number of aromatic nitrogens is 9. The number of anilines is 9. The molecule has 12 aromatic rings. The van der Waals surface area contributed by atoms with Crippen molar-refractivity contribution in [2.75, 3.05) is 152 Å². The predicted octanol–water partition coefficient (Wildman–Crippen LogP) is 11.3. The second kappa shape index (κ2) is 32.4. The summed E-state index contributed by atoms with van der Waals surface area (Å²) in [5, 5.41) is 18.8. The number of morpholine rings is 2. The van der Waals surface area contributed by atoms with Gasteiger partial charge in [-0.1, -0.05) is 18.2 Å². The molecular formula is C85H92F3N21O6. The van der Waals surface area contributed by atoms with Crippen molar-refractivity contribution in [2.24, 2.45) is 0 Å². The number of halogens is 3. The number of ether oxygens (including phenoxy) is 3. The molecule has 30 heteroatoms. The average Bonchev–Trinajstić information content (AvgIpc) is 1.62. The number of amides is 3. The third kappa shape index (κ3) is 15.8. The Morgan fingerprint density at radius 3 is 1.32 bits per heavy atom. The topological polar surface area (TPSA) is 261 Å². The first-order chi connectivity index (χ1) is 55.6. The van der Waals surface area contributed by atoms with Crippen LogP contribution in [0, 0.1) is 31.3 Å². The van der Waals surface area contributed by atoms with Gasteiger partial charge in [0.25, 0.3) is 17.7 Å². The fourth-order valence-electron chi connectivity index (χ4n) is 16.4. The van der Waals surface area contributed by atoms with E-state index in [1.165, 1.54) is 12.1 Å². The summed E-state index contributed by atoms with van der Waals surface area (Å²) in [4.78, 5) is 78.8. The molecule has 3 atom stereocenters. The molecule has 0 radical (unpaired) electrons. The number of hydrogen-bond acceptors (Lipinski definition) is 21. The number of pyridine rings is 6. The summed E-state index contributed by atoms with van der Waals surface area (Å²) in [5.41, 5.74) is 16.2. The van der Waals surface area contributed by atoms with Crippen molar-refractivity contribution >= 4 is 86.2 Å². The van der Waals surface area contributed by atoms with Crippen LogP contribution in [0.1, 0.15) is 71.7 Å². The van der Waals surface area contributed by atoms with Crippen molar-refractivity contribution in [1.29, 1.82) is 0 Å². The number of likely N-dealkylation sites (N-methyl/N-ethyl adjacent to an activating group) is 3. The molecule has 0 unspecified atom stereocenters. The van der Waals surface area contributed by atoms with Crippen LogP contribution in [-0.2, 0) is 33.8 Å². The number of rotatable bonds is 19. The predicted molar refractivity (Wildman–Crippen MR) is 438 cm³/mol. The molecule has 6 N–H and O–H groups in total. The van der Waals surface area contributed by atoms with Gasteiger partial charge in [0.1, 0.15) is 28.9 Å². The van der Waals surface area contributed by atoms with Gasteiger partial charge in [-0.3, -0.25) is 27.6 Å². The lowest BCUT2D eigenvalue weighted by atomic mass is 9.91. The standard InChI is InChI=1S/C29H32FN7O2.2C28H30FN7O2/c1-35(2)17-29(39-3)10-4-11-36(18-29)20-5-8-25(31-14-20)34-23-7-6-21(22-15-33-28(38)27(22)23)24-16-32-26-13-19(30)9-12-37(24)26;2*1-17-8-9-36-23(14-31-27(36)26(17)29)20-5-6-22(25-21(20)13-32-28(25)37)33-24-7-4-18(12-30-24)35-10-11-38-19(16-35)15-34(2)3/h5-9,12-14,16H,4,10-11,15,17-18H2,1-3H3,(H,31,34)(H,33,38);2*4-9,12,14,19H,10-11,13,15-16H2,1-3H3,(H,30,33)(H,32,37)/t29-;2*19-/m010/s1. The molecule has 115 heavy (non-hydrogen) atoms. The zero-order chi connectivity index (χ0) is 79.9. The minimum Gasteiger partial charge on any atom is -0.375 e. The van der Waals surface area contributed by atoms with Gasteiger partial charge in [0, 0.05) is 127 Å². The number of benzene rings is 3. The van der Waals surface area contributed by atoms with Gasteiger partial charge in [-0.25, -0.2) is 43.1 Å². The second-order valence-corrected chi connectivity index (χ2v) is 30.7. The summed E-state index contributed by atoms with van der Waals surface area (Å²) in [6, 6.07) is 29.6. The highest BCUT2D eigenvalue weighted by Gasteiger charge is 2.38. The number of carbonyl (C=O) groups is 3. The largest absolute Gasteiger partial charge is 0.375 e. The maximum Gasteiger partial charge on any atom is 0.254 e. The van der Waals surface area contributed by atoms with Crippen LogP contribution in [0.3, 0.4) is 0 Å². The number of hydrogen-bond donors (Lipinski definition) is 6. The Morgan fingerprint density at radius 2 is 0.913 bits per heavy atom. The van der Waals surface area contributed by atoms with Gasteiger partial charge < -0.3 is 75.5 Å². The number of aryl methyl sites for hydroxylation is 2. The van der Waals surface area contributed by atoms with E-state index in [1.54, 1.807) is 66.7 Å². The van der Waals surface area contributed by atoms with Crippen LogP contribution in [0.5, 0.6) is 0 Å². The molecular weight excluding hydrogens is 1470 g/mol. The zero-order valence-corrected chi connectivity index (χ0v) is 65.7. The molecule has 594 valence electrons. The molecule has 0 aliphatic carbocycles. The van der Waals surface area contributed by atoms with E-state index >= 15 is 0 Å². The SMILES string of the molecule is CO[C@]1(CN(C)C)CCCN(c2ccc(Nc3ccc(-c4cnc5cc(F)ccn45)c4c3C(=O)NC4)nc2)C1.Cc1ccn2c(-c3ccc(Nc4ccc(N5CCO[C@@H](CN(C)C)C5)cn4)c4c3CNC4=O)cnc2c1F.Cc1ccn2c(-c3ccc(Nc4ccc(N5CCO[C@H](CN(C)C)C5)cn4)c4c3CNC4=O)cnc2c1F. The normalized spacial score (nSPS) is 17.8. The Labute approximate surface area is 663 Å². The van der Waals surface area contributed by atoms with Crippen molar-refractivity contribution in [3.05, 3.63) is 215 Å². The first kappa shape index (κ1) is 76.9. The Kier molecular flexibility index (Phi) is 21.7. The molecule has 27 nitrogen and oxygen atoms in total. The van der Waals surface area contributed by atoms with Crippen LogP contribution in [-0.4, -0.2) is 215 Å². The Bertz CT molecular complexity index is 5430. The van der Waals surface area contributed by atoms with E-state index in [0.717, 1.165) is 139 Å². The van der Waals surface area contributed by atoms with Gasteiger partial charge in [-0.15, -0.1) is 0 Å². The highest BCUT2D eigenvalue weighted by atomic mass is 19.1. The highest BCUT2D eigenvalue weighted by Crippen LogP contribution is 2.41. The van der Waals surface area contributed by atoms with E-state index in [2.05, 4.69) is 111 Å². The maximum absolute atomic E-state index is 14.6. The van der Waals surface area contributed by atoms with Crippen molar-refractivity contribution in [3.63, 3.8) is 0 Å². The van der Waals surface area contributed by atoms with Crippen LogP contribution < -0.4 is 46.6 Å². The van der Waals surface area contributed by atoms with Gasteiger partial charge in [-0.05, 0) is 170 Å². The van der Waals surface area contributed by atoms with E-state index < -0.39 is 0 Å². The number of methoxy groups -OCH3 is 1. The number of piperidine rings is 1. The van der Waals surface area contributed by atoms with E-state index in [-0.39, 0.29) is 64.3 Å². The molecule has 6 aliphatic heterocycles. The minimum atomic E-state index is -0.345. The molecule has 3 amide bonds. The van der Waals surface area contributed by atoms with E-state index in [1.807, 2.05) is 130 Å². The van der Waals surface area contributed by atoms with Gasteiger partial charge in [0.05, 0.1) is 136 Å². The fraction of sp³-hybridized carbons (Fsp3) is 0.329. The smallest absolute Gasteiger partial charge is 0.254 e.